The van der Waals surface area contributed by atoms with Crippen LogP contribution in [0.2, 0.25) is 0 Å². The lowest BCUT2D eigenvalue weighted by molar-refractivity contribution is -0.125. The van der Waals surface area contributed by atoms with Gasteiger partial charge in [0.1, 0.15) is 0 Å². The summed E-state index contributed by atoms with van der Waals surface area (Å²) in [5, 5.41) is 3.09. The lowest BCUT2D eigenvalue weighted by atomic mass is 10.0. The van der Waals surface area contributed by atoms with Gasteiger partial charge in [-0.15, -0.1) is 24.8 Å². The van der Waals surface area contributed by atoms with Crippen LogP contribution in [0.25, 0.3) is 0 Å². The molecule has 1 aliphatic heterocycles. The monoisotopic (exact) mass is 299 g/mol. The maximum atomic E-state index is 11.6. The number of nitrogens with zero attached hydrogens (tertiary/aromatic N) is 1. The van der Waals surface area contributed by atoms with E-state index in [1.807, 2.05) is 6.92 Å². The fourth-order valence-electron chi connectivity index (χ4n) is 2.07. The third-order valence-electron chi connectivity index (χ3n) is 3.27. The number of hydrogen-bond acceptors (Lipinski definition) is 3. The normalized spacial score (nSPS) is 18.4. The third kappa shape index (κ3) is 6.78. The summed E-state index contributed by atoms with van der Waals surface area (Å²) in [6.45, 7) is 7.91. The second-order valence-corrected chi connectivity index (χ2v) is 4.76. The Labute approximate surface area is 123 Å². The fraction of sp³-hybridized carbons (Fsp3) is 0.917. The van der Waals surface area contributed by atoms with Crippen molar-refractivity contribution in [1.29, 1.82) is 0 Å². The number of nitrogens with two attached hydrogens (primary N) is 1. The molecule has 0 aromatic rings. The van der Waals surface area contributed by atoms with Gasteiger partial charge in [-0.25, -0.2) is 0 Å². The summed E-state index contributed by atoms with van der Waals surface area (Å²) in [7, 11) is 0. The molecule has 0 bridgehead atoms. The quantitative estimate of drug-likeness (QED) is 0.807. The first-order valence-electron chi connectivity index (χ1n) is 6.40. The first-order chi connectivity index (χ1) is 7.67. The van der Waals surface area contributed by atoms with Crippen LogP contribution in [-0.2, 0) is 4.79 Å². The van der Waals surface area contributed by atoms with Crippen LogP contribution in [0.3, 0.4) is 0 Å². The summed E-state index contributed by atoms with van der Waals surface area (Å²) in [6, 6.07) is 0.356. The molecule has 0 spiro atoms. The molecule has 18 heavy (non-hydrogen) atoms. The minimum absolute atomic E-state index is 0. The van der Waals surface area contributed by atoms with Crippen LogP contribution in [0.1, 0.15) is 33.1 Å². The average molecular weight is 300 g/mol. The Morgan fingerprint density at radius 1 is 1.39 bits per heavy atom. The second-order valence-electron chi connectivity index (χ2n) is 4.76. The van der Waals surface area contributed by atoms with Crippen LogP contribution in [0.15, 0.2) is 0 Å². The first-order valence-corrected chi connectivity index (χ1v) is 6.40. The van der Waals surface area contributed by atoms with E-state index in [1.54, 1.807) is 0 Å². The number of hydrogen-bond donors (Lipinski definition) is 2. The lowest BCUT2D eigenvalue weighted by Gasteiger charge is -2.32. The number of carbonyl (C=O) groups excluding carboxylic acids is 1. The summed E-state index contributed by atoms with van der Waals surface area (Å²) >= 11 is 0. The summed E-state index contributed by atoms with van der Waals surface area (Å²) in [5.41, 5.74) is 5.47. The van der Waals surface area contributed by atoms with Gasteiger partial charge in [0, 0.05) is 31.6 Å². The average Bonchev–Trinajstić information content (AvgIpc) is 2.31. The van der Waals surface area contributed by atoms with Gasteiger partial charge in [0.2, 0.25) is 5.91 Å². The van der Waals surface area contributed by atoms with Gasteiger partial charge >= 0.3 is 0 Å². The summed E-state index contributed by atoms with van der Waals surface area (Å²) in [6.07, 6.45) is 3.35. The summed E-state index contributed by atoms with van der Waals surface area (Å²) in [4.78, 5) is 14.1. The molecular weight excluding hydrogens is 273 g/mol. The standard InChI is InChI=1S/C12H25N3O.2ClH/c1-3-6-15-7-4-11(5-8-15)14-12(16)10(2)9-13;;/h10-11H,3-9,13H2,1-2H3,(H,14,16);2*1H. The topological polar surface area (TPSA) is 58.4 Å². The van der Waals surface area contributed by atoms with E-state index in [4.69, 9.17) is 5.73 Å². The maximum absolute atomic E-state index is 11.6. The van der Waals surface area contributed by atoms with Crippen molar-refractivity contribution in [3.63, 3.8) is 0 Å². The van der Waals surface area contributed by atoms with Gasteiger partial charge in [-0.1, -0.05) is 13.8 Å². The molecule has 1 amide bonds. The van der Waals surface area contributed by atoms with Crippen molar-refractivity contribution in [1.82, 2.24) is 10.2 Å². The predicted octanol–water partition coefficient (Wildman–Crippen LogP) is 1.42. The van der Waals surface area contributed by atoms with E-state index < -0.39 is 0 Å². The molecule has 3 N–H and O–H groups in total. The van der Waals surface area contributed by atoms with Crippen molar-refractivity contribution < 1.29 is 4.79 Å². The van der Waals surface area contributed by atoms with Crippen molar-refractivity contribution in [3.05, 3.63) is 0 Å². The van der Waals surface area contributed by atoms with Crippen LogP contribution in [0.4, 0.5) is 0 Å². The van der Waals surface area contributed by atoms with E-state index in [0.29, 0.717) is 12.6 Å². The molecule has 110 valence electrons. The minimum Gasteiger partial charge on any atom is -0.353 e. The van der Waals surface area contributed by atoms with Gasteiger partial charge in [0.25, 0.3) is 0 Å². The summed E-state index contributed by atoms with van der Waals surface area (Å²) < 4.78 is 0. The van der Waals surface area contributed by atoms with Crippen LogP contribution in [0.5, 0.6) is 0 Å². The number of carbonyl (C=O) groups is 1. The molecule has 1 aliphatic rings. The van der Waals surface area contributed by atoms with Gasteiger partial charge in [0.05, 0.1) is 0 Å². The molecule has 0 aromatic heterocycles. The van der Waals surface area contributed by atoms with E-state index in [9.17, 15) is 4.79 Å². The lowest BCUT2D eigenvalue weighted by Crippen LogP contribution is -2.46. The number of amides is 1. The zero-order valence-electron chi connectivity index (χ0n) is 11.4. The van der Waals surface area contributed by atoms with E-state index >= 15 is 0 Å². The molecule has 0 aliphatic carbocycles. The van der Waals surface area contributed by atoms with Gasteiger partial charge in [-0.3, -0.25) is 4.79 Å². The molecule has 0 aromatic carbocycles. The fourth-order valence-corrected chi connectivity index (χ4v) is 2.07. The molecular formula is C12H27Cl2N3O. The van der Waals surface area contributed by atoms with Gasteiger partial charge in [0.15, 0.2) is 0 Å². The molecule has 1 heterocycles. The molecule has 1 rings (SSSR count). The smallest absolute Gasteiger partial charge is 0.224 e. The largest absolute Gasteiger partial charge is 0.353 e. The van der Waals surface area contributed by atoms with Crippen LogP contribution in [0, 0.1) is 5.92 Å². The first kappa shape index (κ1) is 20.3. The number of halogens is 2. The number of likely N-dealkylation sites (tertiary alicyclic amines) is 1. The summed E-state index contributed by atoms with van der Waals surface area (Å²) in [5.74, 6) is 0.0464. The van der Waals surface area contributed by atoms with Gasteiger partial charge in [-0.05, 0) is 25.8 Å². The highest BCUT2D eigenvalue weighted by molar-refractivity contribution is 5.85. The van der Waals surface area contributed by atoms with Crippen molar-refractivity contribution in [2.24, 2.45) is 11.7 Å². The van der Waals surface area contributed by atoms with Gasteiger partial charge < -0.3 is 16.0 Å². The Bertz CT molecular complexity index is 221. The Morgan fingerprint density at radius 2 is 1.94 bits per heavy atom. The third-order valence-corrected chi connectivity index (χ3v) is 3.27. The van der Waals surface area contributed by atoms with E-state index in [0.717, 1.165) is 25.9 Å². The Balaban J connectivity index is 0. The molecule has 4 nitrogen and oxygen atoms in total. The van der Waals surface area contributed by atoms with Crippen molar-refractivity contribution in [2.45, 2.75) is 39.2 Å². The van der Waals surface area contributed by atoms with Crippen LogP contribution >= 0.6 is 24.8 Å². The Hall–Kier alpha value is -0.0300. The number of piperidine rings is 1. The minimum atomic E-state index is -0.0614. The van der Waals surface area contributed by atoms with Crippen molar-refractivity contribution in [3.8, 4) is 0 Å². The molecule has 1 unspecified atom stereocenters. The second kappa shape index (κ2) is 10.9. The molecule has 1 fully saturated rings. The van der Waals surface area contributed by atoms with E-state index in [1.165, 1.54) is 13.0 Å². The van der Waals surface area contributed by atoms with Crippen molar-refractivity contribution >= 4 is 30.7 Å². The SMILES string of the molecule is CCCN1CCC(NC(=O)C(C)CN)CC1.Cl.Cl. The maximum Gasteiger partial charge on any atom is 0.224 e. The van der Waals surface area contributed by atoms with Gasteiger partial charge in [-0.2, -0.15) is 0 Å². The highest BCUT2D eigenvalue weighted by atomic mass is 35.5. The van der Waals surface area contributed by atoms with E-state index in [2.05, 4.69) is 17.1 Å². The predicted molar refractivity (Wildman–Crippen MR) is 80.6 cm³/mol. The Kier molecular flexibility index (Phi) is 12.2. The van der Waals surface area contributed by atoms with E-state index in [-0.39, 0.29) is 36.6 Å². The van der Waals surface area contributed by atoms with Crippen molar-refractivity contribution in [2.75, 3.05) is 26.2 Å². The highest BCUT2D eigenvalue weighted by Gasteiger charge is 2.21. The van der Waals surface area contributed by atoms with Crippen LogP contribution in [-0.4, -0.2) is 43.0 Å². The molecule has 1 saturated heterocycles. The highest BCUT2D eigenvalue weighted by Crippen LogP contribution is 2.11. The number of rotatable bonds is 5. The molecule has 6 heteroatoms. The Morgan fingerprint density at radius 3 is 2.39 bits per heavy atom. The molecule has 0 saturated carbocycles. The zero-order chi connectivity index (χ0) is 12.0. The molecule has 0 radical (unpaired) electrons. The molecule has 1 atom stereocenters. The zero-order valence-corrected chi connectivity index (χ0v) is 13.0. The number of nitrogens with one attached hydrogen (secondary N) is 1. The van der Waals surface area contributed by atoms with Crippen LogP contribution < -0.4 is 11.1 Å².